The molecule has 74 heavy (non-hydrogen) atoms. The molecule has 33 heteroatoms. The van der Waals surface area contributed by atoms with E-state index in [-0.39, 0.29) is 76.6 Å². The van der Waals surface area contributed by atoms with Crippen LogP contribution < -0.4 is 15.4 Å². The number of nitriles is 2. The smallest absolute Gasteiger partial charge is 0.296 e. The number of nitrogens with one attached hydrogen (secondary N) is 2. The summed E-state index contributed by atoms with van der Waals surface area (Å²) in [5, 5.41) is 41.0. The molecule has 0 aliphatic rings. The van der Waals surface area contributed by atoms with Crippen LogP contribution in [0.5, 0.6) is 5.75 Å². The van der Waals surface area contributed by atoms with Crippen molar-refractivity contribution in [3.8, 4) is 29.0 Å². The maximum atomic E-state index is 12.7. The molecule has 5 aromatic carbocycles. The molecule has 7 aromatic rings. The van der Waals surface area contributed by atoms with Crippen LogP contribution in [-0.4, -0.2) is 76.9 Å². The molecule has 0 spiro atoms. The summed E-state index contributed by atoms with van der Waals surface area (Å²) in [6.45, 7) is 1.38. The van der Waals surface area contributed by atoms with Gasteiger partial charge in [-0.3, -0.25) is 22.8 Å². The fourth-order valence-electron chi connectivity index (χ4n) is 6.83. The monoisotopic (exact) mass is 1160 g/mol. The molecule has 0 saturated carbocycles. The van der Waals surface area contributed by atoms with Gasteiger partial charge >= 0.3 is 0 Å². The maximum absolute atomic E-state index is 12.7. The van der Waals surface area contributed by atoms with E-state index >= 15 is 0 Å². The molecule has 0 aliphatic heterocycles. The van der Waals surface area contributed by atoms with Gasteiger partial charge in [0.25, 0.3) is 50.6 Å². The van der Waals surface area contributed by atoms with E-state index in [1.165, 1.54) is 50.4 Å². The van der Waals surface area contributed by atoms with Crippen LogP contribution in [0.4, 0.5) is 44.4 Å². The number of hydrogen-bond acceptors (Lipinski definition) is 21. The first-order chi connectivity index (χ1) is 34.4. The molecule has 7 rings (SSSR count). The van der Waals surface area contributed by atoms with Crippen LogP contribution in [0.3, 0.4) is 0 Å². The lowest BCUT2D eigenvalue weighted by Gasteiger charge is -2.16. The Bertz CT molecular complexity index is 4280. The van der Waals surface area contributed by atoms with Crippen LogP contribution in [0.15, 0.2) is 130 Å². The summed E-state index contributed by atoms with van der Waals surface area (Å²) >= 11 is 12.7. The van der Waals surface area contributed by atoms with E-state index in [0.717, 1.165) is 30.3 Å². The molecular weight excluding hydrogens is 1140 g/mol. The molecule has 0 saturated heterocycles. The summed E-state index contributed by atoms with van der Waals surface area (Å²) < 4.78 is 178. The number of halogens is 2. The van der Waals surface area contributed by atoms with Gasteiger partial charge in [0.2, 0.25) is 0 Å². The fraction of sp³-hybridized carbons (Fsp3) is 0.0488. The highest BCUT2D eigenvalue weighted by atomic mass is 35.5. The molecule has 382 valence electrons. The Morgan fingerprint density at radius 1 is 0.581 bits per heavy atom. The van der Waals surface area contributed by atoms with Crippen LogP contribution in [0, 0.1) is 29.6 Å². The molecule has 0 atom stereocenters. The maximum Gasteiger partial charge on any atom is 0.296 e. The van der Waals surface area contributed by atoms with Crippen LogP contribution in [0.2, 0.25) is 10.0 Å². The van der Waals surface area contributed by atoms with Crippen LogP contribution in [0.25, 0.3) is 21.9 Å². The van der Waals surface area contributed by atoms with Gasteiger partial charge in [-0.1, -0.05) is 46.7 Å². The standard InChI is InChI=1S/C41H27Cl2N9O16S6/c1-19-28(17-44)38(46-21-5-9-30(42)34(12-21)73(62,63)64)48-39(47-22-6-10-31(43)35(13-22)74(65,66)67)37(19)50-51-40-29(18-45)36(20-3-7-24(68-2)8-4-20)41(69-40)52-49-23-11-26-27(32(14-23)71(56,57)58)15-25(70(53,54)55)16-33(26)72(59,60)61/h3-16H,1-2H3,(H2,46,47,48)(H,53,54,55)(H,56,57,58)(H,59,60,61)(H,62,63,64)(H,65,66,67). The molecule has 25 nitrogen and oxygen atoms in total. The van der Waals surface area contributed by atoms with Crippen molar-refractivity contribution in [2.24, 2.45) is 20.5 Å². The van der Waals surface area contributed by atoms with E-state index in [9.17, 15) is 75.4 Å². The number of anilines is 4. The Labute approximate surface area is 432 Å². The first kappa shape index (κ1) is 54.7. The minimum atomic E-state index is -5.40. The zero-order valence-electron chi connectivity index (χ0n) is 36.6. The van der Waals surface area contributed by atoms with Crippen LogP contribution in [-0.2, 0) is 50.6 Å². The fourth-order valence-corrected chi connectivity index (χ4v) is 11.8. The Hall–Kier alpha value is -7.08. The quantitative estimate of drug-likeness (QED) is 0.0370. The second-order valence-corrected chi connectivity index (χ2v) is 23.6. The SMILES string of the molecule is COc1ccc(-c2c(N=Nc3cc(S(=O)(=O)O)c4cc(S(=O)(=O)O)cc(S(=O)(=O)O)c4c3)sc(N=Nc3c(Nc4ccc(Cl)c(S(=O)(=O)O)c4)nc(Nc4ccc(Cl)c(S(=O)(=O)O)c4)c(C#N)c3C)c2C#N)cc1. The minimum Gasteiger partial charge on any atom is -0.497 e. The molecule has 2 heterocycles. The van der Waals surface area contributed by atoms with E-state index in [1.807, 2.05) is 12.1 Å². The van der Waals surface area contributed by atoms with Gasteiger partial charge in [-0.15, -0.1) is 20.5 Å². The number of nitrogens with zero attached hydrogens (tertiary/aromatic N) is 7. The van der Waals surface area contributed by atoms with E-state index in [4.69, 9.17) is 27.9 Å². The number of aromatic nitrogens is 1. The van der Waals surface area contributed by atoms with Crippen molar-refractivity contribution in [3.63, 3.8) is 0 Å². The number of fused-ring (bicyclic) bond motifs is 1. The number of pyridine rings is 1. The topological polar surface area (TPSA) is 415 Å². The number of hydrogen-bond donors (Lipinski definition) is 7. The predicted octanol–water partition coefficient (Wildman–Crippen LogP) is 9.88. The summed E-state index contributed by atoms with van der Waals surface area (Å²) in [6.07, 6.45) is 0. The molecule has 7 N–H and O–H groups in total. The normalized spacial score (nSPS) is 12.5. The Kier molecular flexibility index (Phi) is 15.0. The summed E-state index contributed by atoms with van der Waals surface area (Å²) in [4.78, 5) is -0.500. The lowest BCUT2D eigenvalue weighted by atomic mass is 10.0. The first-order valence-electron chi connectivity index (χ1n) is 19.5. The molecular formula is C41H27Cl2N9O16S6. The molecule has 0 amide bonds. The van der Waals surface area contributed by atoms with Gasteiger partial charge in [-0.05, 0) is 85.3 Å². The van der Waals surface area contributed by atoms with E-state index in [0.29, 0.717) is 35.3 Å². The Morgan fingerprint density at radius 2 is 1.08 bits per heavy atom. The van der Waals surface area contributed by atoms with Gasteiger partial charge in [-0.25, -0.2) is 4.98 Å². The zero-order valence-corrected chi connectivity index (χ0v) is 43.1. The van der Waals surface area contributed by atoms with Crippen LogP contribution >= 0.6 is 34.5 Å². The van der Waals surface area contributed by atoms with E-state index < -0.39 is 91.5 Å². The summed E-state index contributed by atoms with van der Waals surface area (Å²) in [5.41, 5.74) is -1.12. The molecule has 2 aromatic heterocycles. The highest BCUT2D eigenvalue weighted by Crippen LogP contribution is 2.49. The number of thiophene rings is 1. The number of methoxy groups -OCH3 is 1. The molecule has 0 bridgehead atoms. The highest BCUT2D eigenvalue weighted by molar-refractivity contribution is 7.87. The second kappa shape index (κ2) is 20.3. The Balaban J connectivity index is 1.44. The van der Waals surface area contributed by atoms with E-state index in [1.54, 1.807) is 0 Å². The Morgan fingerprint density at radius 3 is 1.58 bits per heavy atom. The second-order valence-electron chi connectivity index (χ2n) is 14.8. The van der Waals surface area contributed by atoms with Crippen molar-refractivity contribution >= 4 is 140 Å². The lowest BCUT2D eigenvalue weighted by molar-refractivity contribution is 0.415. The van der Waals surface area contributed by atoms with Crippen LogP contribution in [0.1, 0.15) is 16.7 Å². The average molecular weight is 1170 g/mol. The number of benzene rings is 5. The van der Waals surface area contributed by atoms with Crippen molar-refractivity contribution < 1.29 is 69.6 Å². The number of azo groups is 2. The molecule has 0 unspecified atom stereocenters. The van der Waals surface area contributed by atoms with Crippen molar-refractivity contribution in [1.29, 1.82) is 10.5 Å². The number of rotatable bonds is 15. The first-order valence-corrected chi connectivity index (χ1v) is 28.3. The third-order valence-electron chi connectivity index (χ3n) is 10.1. The van der Waals surface area contributed by atoms with Crippen molar-refractivity contribution in [3.05, 3.63) is 112 Å². The minimum absolute atomic E-state index is 0.00606. The van der Waals surface area contributed by atoms with Gasteiger partial charge in [-0.2, -0.15) is 52.6 Å². The summed E-state index contributed by atoms with van der Waals surface area (Å²) in [5.74, 6) is -0.199. The summed E-state index contributed by atoms with van der Waals surface area (Å²) in [6, 6.07) is 19.0. The van der Waals surface area contributed by atoms with Crippen molar-refractivity contribution in [1.82, 2.24) is 4.98 Å². The zero-order chi connectivity index (χ0) is 54.5. The number of ether oxygens (including phenoxy) is 1. The highest BCUT2D eigenvalue weighted by Gasteiger charge is 2.28. The van der Waals surface area contributed by atoms with Gasteiger partial charge in [0.1, 0.15) is 53.7 Å². The molecule has 0 aliphatic carbocycles. The van der Waals surface area contributed by atoms with E-state index in [2.05, 4.69) is 36.1 Å². The van der Waals surface area contributed by atoms with Gasteiger partial charge < -0.3 is 15.4 Å². The van der Waals surface area contributed by atoms with Gasteiger partial charge in [0.05, 0.1) is 33.3 Å². The molecule has 0 fully saturated rings. The third kappa shape index (κ3) is 11.6. The van der Waals surface area contributed by atoms with Crippen molar-refractivity contribution in [2.75, 3.05) is 17.7 Å². The predicted molar refractivity (Wildman–Crippen MR) is 266 cm³/mol. The lowest BCUT2D eigenvalue weighted by Crippen LogP contribution is -2.07. The van der Waals surface area contributed by atoms with Gasteiger partial charge in [0.15, 0.2) is 16.6 Å². The van der Waals surface area contributed by atoms with Gasteiger partial charge in [0, 0.05) is 33.3 Å². The largest absolute Gasteiger partial charge is 0.497 e. The third-order valence-corrected chi connectivity index (χ3v) is 16.4. The summed E-state index contributed by atoms with van der Waals surface area (Å²) in [7, 11) is -24.4. The molecule has 0 radical (unpaired) electrons. The average Bonchev–Trinajstić information content (AvgIpc) is 3.66. The van der Waals surface area contributed by atoms with Crippen molar-refractivity contribution in [2.45, 2.75) is 31.4 Å².